The topological polar surface area (TPSA) is 95.6 Å². The van der Waals surface area contributed by atoms with Crippen LogP contribution in [0.5, 0.6) is 0 Å². The molecule has 30 heavy (non-hydrogen) atoms. The monoisotopic (exact) mass is 402 g/mol. The normalized spacial score (nSPS) is 11.3. The quantitative estimate of drug-likeness (QED) is 0.281. The summed E-state index contributed by atoms with van der Waals surface area (Å²) in [6.07, 6.45) is 1.49. The minimum Gasteiger partial charge on any atom is -0.455 e. The van der Waals surface area contributed by atoms with Crippen LogP contribution in [-0.2, 0) is 7.05 Å². The van der Waals surface area contributed by atoms with Gasteiger partial charge < -0.3 is 4.42 Å². The smallest absolute Gasteiger partial charge is 0.297 e. The van der Waals surface area contributed by atoms with Crippen LogP contribution in [0.3, 0.4) is 0 Å². The van der Waals surface area contributed by atoms with Gasteiger partial charge in [0, 0.05) is 24.7 Å². The maximum Gasteiger partial charge on any atom is 0.297 e. The number of non-ortho nitro benzene ring substituents is 1. The Morgan fingerprint density at radius 2 is 1.73 bits per heavy atom. The Morgan fingerprint density at radius 3 is 2.40 bits per heavy atom. The molecule has 0 N–H and O–H groups in total. The van der Waals surface area contributed by atoms with Crippen LogP contribution in [0.1, 0.15) is 11.5 Å². The first kappa shape index (κ1) is 19.1. The molecule has 0 aliphatic heterocycles. The van der Waals surface area contributed by atoms with Gasteiger partial charge in [-0.15, -0.1) is 0 Å². The zero-order valence-corrected chi connectivity index (χ0v) is 16.4. The first-order valence-corrected chi connectivity index (χ1v) is 9.18. The number of nitro groups is 1. The van der Waals surface area contributed by atoms with E-state index < -0.39 is 4.92 Å². The molecule has 2 heterocycles. The Morgan fingerprint density at radius 1 is 1.03 bits per heavy atom. The van der Waals surface area contributed by atoms with Crippen molar-refractivity contribution in [2.24, 2.45) is 12.0 Å². The van der Waals surface area contributed by atoms with E-state index in [-0.39, 0.29) is 11.2 Å². The third-order valence-corrected chi connectivity index (χ3v) is 4.83. The molecule has 2 aromatic heterocycles. The van der Waals surface area contributed by atoms with Crippen molar-refractivity contribution in [2.45, 2.75) is 6.92 Å². The molecule has 150 valence electrons. The van der Waals surface area contributed by atoms with Gasteiger partial charge in [0.2, 0.25) is 0 Å². The molecule has 0 radical (unpaired) electrons. The number of hydrogen-bond donors (Lipinski definition) is 0. The van der Waals surface area contributed by atoms with E-state index in [4.69, 9.17) is 4.42 Å². The molecule has 0 amide bonds. The van der Waals surface area contributed by atoms with Crippen LogP contribution < -0.4 is 5.56 Å². The maximum atomic E-state index is 12.9. The third-order valence-electron chi connectivity index (χ3n) is 4.83. The van der Waals surface area contributed by atoms with Crippen molar-refractivity contribution in [1.29, 1.82) is 0 Å². The van der Waals surface area contributed by atoms with Gasteiger partial charge >= 0.3 is 0 Å². The Balaban J connectivity index is 1.63. The van der Waals surface area contributed by atoms with Gasteiger partial charge in [-0.05, 0) is 43.3 Å². The van der Waals surface area contributed by atoms with Crippen LogP contribution in [0.25, 0.3) is 17.0 Å². The number of aromatic nitrogens is 2. The molecule has 0 saturated heterocycles. The summed E-state index contributed by atoms with van der Waals surface area (Å²) in [4.78, 5) is 27.6. The van der Waals surface area contributed by atoms with E-state index in [1.807, 2.05) is 44.3 Å². The fraction of sp³-hybridized carbons (Fsp3) is 0.0909. The van der Waals surface area contributed by atoms with Crippen LogP contribution in [0.2, 0.25) is 0 Å². The molecule has 8 nitrogen and oxygen atoms in total. The second kappa shape index (κ2) is 7.67. The predicted molar refractivity (Wildman–Crippen MR) is 114 cm³/mol. The van der Waals surface area contributed by atoms with Crippen LogP contribution in [0.4, 0.5) is 11.4 Å². The Bertz CT molecular complexity index is 1300. The Labute approximate surface area is 171 Å². The van der Waals surface area contributed by atoms with Crippen LogP contribution in [-0.4, -0.2) is 20.5 Å². The third kappa shape index (κ3) is 3.46. The van der Waals surface area contributed by atoms with Gasteiger partial charge in [-0.1, -0.05) is 18.2 Å². The van der Waals surface area contributed by atoms with E-state index in [0.717, 1.165) is 11.4 Å². The van der Waals surface area contributed by atoms with Crippen molar-refractivity contribution in [3.63, 3.8) is 0 Å². The lowest BCUT2D eigenvalue weighted by Crippen LogP contribution is -2.19. The number of aliphatic imine (C=N–C) groups is 1. The van der Waals surface area contributed by atoms with Gasteiger partial charge in [-0.25, -0.2) is 9.67 Å². The average Bonchev–Trinajstić information content (AvgIpc) is 3.31. The molecule has 0 saturated carbocycles. The molecule has 4 aromatic rings. The molecular formula is C22H18N4O4. The minimum atomic E-state index is -0.450. The number of nitro benzene ring substituents is 1. The summed E-state index contributed by atoms with van der Waals surface area (Å²) < 4.78 is 9.08. The molecule has 0 bridgehead atoms. The van der Waals surface area contributed by atoms with Gasteiger partial charge in [0.1, 0.15) is 11.5 Å². The molecule has 0 spiro atoms. The number of benzene rings is 2. The summed E-state index contributed by atoms with van der Waals surface area (Å²) in [5, 5.41) is 10.8. The van der Waals surface area contributed by atoms with Crippen molar-refractivity contribution in [3.05, 3.63) is 98.7 Å². The first-order chi connectivity index (χ1) is 14.5. The summed E-state index contributed by atoms with van der Waals surface area (Å²) in [6, 6.07) is 18.9. The summed E-state index contributed by atoms with van der Waals surface area (Å²) in [7, 11) is 1.81. The molecule has 0 atom stereocenters. The number of furan rings is 1. The predicted octanol–water partition coefficient (Wildman–Crippen LogP) is 4.40. The van der Waals surface area contributed by atoms with Crippen molar-refractivity contribution in [2.75, 3.05) is 0 Å². The molecule has 8 heteroatoms. The SMILES string of the molecule is Cc1c(N=Cc2ccc(-c3ccc([N+](=O)[O-])cc3)o2)c(=O)n(-c2ccccc2)n1C. The average molecular weight is 402 g/mol. The second-order valence-electron chi connectivity index (χ2n) is 6.67. The van der Waals surface area contributed by atoms with Crippen LogP contribution in [0.15, 0.2) is 80.9 Å². The lowest BCUT2D eigenvalue weighted by Gasteiger charge is -2.07. The summed E-state index contributed by atoms with van der Waals surface area (Å²) in [6.45, 7) is 1.83. The van der Waals surface area contributed by atoms with Gasteiger partial charge in [-0.3, -0.25) is 19.6 Å². The Kier molecular flexibility index (Phi) is 4.89. The molecule has 0 aliphatic rings. The van der Waals surface area contributed by atoms with E-state index in [0.29, 0.717) is 22.8 Å². The van der Waals surface area contributed by atoms with Crippen molar-refractivity contribution in [3.8, 4) is 17.0 Å². The van der Waals surface area contributed by atoms with Crippen molar-refractivity contribution >= 4 is 17.6 Å². The largest absolute Gasteiger partial charge is 0.455 e. The van der Waals surface area contributed by atoms with E-state index in [9.17, 15) is 14.9 Å². The van der Waals surface area contributed by atoms with Gasteiger partial charge in [0.25, 0.3) is 11.2 Å². The fourth-order valence-electron chi connectivity index (χ4n) is 3.16. The zero-order valence-electron chi connectivity index (χ0n) is 16.4. The minimum absolute atomic E-state index is 0.0151. The molecule has 0 fully saturated rings. The lowest BCUT2D eigenvalue weighted by atomic mass is 10.1. The molecule has 2 aromatic carbocycles. The maximum absolute atomic E-state index is 12.9. The van der Waals surface area contributed by atoms with Crippen molar-refractivity contribution in [1.82, 2.24) is 9.36 Å². The van der Waals surface area contributed by atoms with E-state index in [2.05, 4.69) is 4.99 Å². The van der Waals surface area contributed by atoms with E-state index >= 15 is 0 Å². The first-order valence-electron chi connectivity index (χ1n) is 9.18. The zero-order chi connectivity index (χ0) is 21.3. The highest BCUT2D eigenvalue weighted by molar-refractivity contribution is 5.80. The van der Waals surface area contributed by atoms with Gasteiger partial charge in [0.05, 0.1) is 22.5 Å². The number of nitrogens with zero attached hydrogens (tertiary/aromatic N) is 4. The lowest BCUT2D eigenvalue weighted by molar-refractivity contribution is -0.384. The number of rotatable bonds is 5. The highest BCUT2D eigenvalue weighted by atomic mass is 16.6. The number of hydrogen-bond acceptors (Lipinski definition) is 5. The molecule has 4 rings (SSSR count). The van der Waals surface area contributed by atoms with Crippen LogP contribution in [0, 0.1) is 17.0 Å². The molecule has 0 unspecified atom stereocenters. The second-order valence-corrected chi connectivity index (χ2v) is 6.67. The van der Waals surface area contributed by atoms with Crippen molar-refractivity contribution < 1.29 is 9.34 Å². The summed E-state index contributed by atoms with van der Waals surface area (Å²) in [5.74, 6) is 1.02. The molecule has 0 aliphatic carbocycles. The summed E-state index contributed by atoms with van der Waals surface area (Å²) >= 11 is 0. The highest BCUT2D eigenvalue weighted by Crippen LogP contribution is 2.24. The summed E-state index contributed by atoms with van der Waals surface area (Å²) in [5.41, 5.74) is 2.31. The van der Waals surface area contributed by atoms with E-state index in [1.165, 1.54) is 18.3 Å². The highest BCUT2D eigenvalue weighted by Gasteiger charge is 2.15. The molecular weight excluding hydrogens is 384 g/mol. The fourth-order valence-corrected chi connectivity index (χ4v) is 3.16. The Hall–Kier alpha value is -4.20. The van der Waals surface area contributed by atoms with Gasteiger partial charge in [0.15, 0.2) is 5.69 Å². The number of para-hydroxylation sites is 1. The standard InChI is InChI=1S/C22H18N4O4/c1-15-21(22(27)25(24(15)2)17-6-4-3-5-7-17)23-14-19-12-13-20(30-19)16-8-10-18(11-9-16)26(28)29/h3-14H,1-2H3. The van der Waals surface area contributed by atoms with E-state index in [1.54, 1.807) is 33.6 Å². The van der Waals surface area contributed by atoms with Gasteiger partial charge in [-0.2, -0.15) is 0 Å². The van der Waals surface area contributed by atoms with Crippen LogP contribution >= 0.6 is 0 Å².